The summed E-state index contributed by atoms with van der Waals surface area (Å²) < 4.78 is 10.7. The molecule has 28 heavy (non-hydrogen) atoms. The molecule has 1 saturated carbocycles. The van der Waals surface area contributed by atoms with Gasteiger partial charge in [-0.1, -0.05) is 23.7 Å². The van der Waals surface area contributed by atoms with Crippen LogP contribution in [0.3, 0.4) is 0 Å². The number of ketones is 1. The molecule has 2 rings (SSSR count). The number of rotatable bonds is 5. The van der Waals surface area contributed by atoms with E-state index in [0.717, 1.165) is 0 Å². The number of hydrogen-bond donors (Lipinski definition) is 1. The van der Waals surface area contributed by atoms with E-state index in [4.69, 9.17) is 21.1 Å². The third kappa shape index (κ3) is 4.92. The first-order chi connectivity index (χ1) is 12.9. The smallest absolute Gasteiger partial charge is 0.317 e. The Morgan fingerprint density at radius 3 is 2.07 bits per heavy atom. The summed E-state index contributed by atoms with van der Waals surface area (Å²) in [6, 6.07) is 6.51. The molecule has 0 radical (unpaired) electrons. The Balaban J connectivity index is 2.59. The highest BCUT2D eigenvalue weighted by Crippen LogP contribution is 2.47. The Morgan fingerprint density at radius 1 is 1.07 bits per heavy atom. The lowest BCUT2D eigenvalue weighted by molar-refractivity contribution is -0.176. The van der Waals surface area contributed by atoms with Crippen LogP contribution in [0.15, 0.2) is 24.3 Å². The van der Waals surface area contributed by atoms with E-state index in [-0.39, 0.29) is 6.42 Å². The fraction of sp³-hybridized carbons (Fsp3) is 0.571. The lowest BCUT2D eigenvalue weighted by atomic mass is 9.61. The van der Waals surface area contributed by atoms with Gasteiger partial charge in [0.25, 0.3) is 0 Å². The van der Waals surface area contributed by atoms with Crippen molar-refractivity contribution >= 4 is 29.3 Å². The molecule has 4 atom stereocenters. The summed E-state index contributed by atoms with van der Waals surface area (Å²) in [6.45, 7) is 8.18. The number of Topliss-reactive ketones (excluding diaryl/α,β-unsaturated/α-hetero) is 1. The summed E-state index contributed by atoms with van der Waals surface area (Å²) >= 11 is 5.97. The second-order valence-electron chi connectivity index (χ2n) is 8.00. The van der Waals surface area contributed by atoms with Gasteiger partial charge < -0.3 is 14.6 Å². The first kappa shape index (κ1) is 22.4. The molecular formula is C21H27ClO6. The van der Waals surface area contributed by atoms with Crippen LogP contribution in [-0.2, 0) is 23.9 Å². The molecule has 154 valence electrons. The maximum atomic E-state index is 12.9. The molecule has 1 N–H and O–H groups in total. The predicted molar refractivity (Wildman–Crippen MR) is 104 cm³/mol. The Hall–Kier alpha value is -1.92. The highest BCUT2D eigenvalue weighted by Gasteiger charge is 2.57. The van der Waals surface area contributed by atoms with Crippen molar-refractivity contribution in [2.24, 2.45) is 11.8 Å². The fourth-order valence-electron chi connectivity index (χ4n) is 3.71. The SMILES string of the molecule is CC(C)OC(=O)[C@@H]1C(=O)C[C@@](C)(O)[C@H](C(=O)OC(C)C)[C@@H]1c1ccc(Cl)cc1. The minimum absolute atomic E-state index is 0.340. The molecule has 0 aromatic heterocycles. The maximum absolute atomic E-state index is 12.9. The number of halogens is 1. The predicted octanol–water partition coefficient (Wildman–Crippen LogP) is 3.28. The first-order valence-electron chi connectivity index (χ1n) is 9.35. The van der Waals surface area contributed by atoms with Crippen LogP contribution < -0.4 is 0 Å². The second-order valence-corrected chi connectivity index (χ2v) is 8.44. The monoisotopic (exact) mass is 410 g/mol. The quantitative estimate of drug-likeness (QED) is 0.591. The molecule has 0 aliphatic heterocycles. The van der Waals surface area contributed by atoms with E-state index in [2.05, 4.69) is 0 Å². The van der Waals surface area contributed by atoms with Crippen LogP contribution in [0.5, 0.6) is 0 Å². The number of ether oxygens (including phenoxy) is 2. The highest BCUT2D eigenvalue weighted by atomic mass is 35.5. The Kier molecular flexibility index (Phi) is 6.88. The molecule has 0 saturated heterocycles. The molecule has 0 unspecified atom stereocenters. The van der Waals surface area contributed by atoms with E-state index in [1.165, 1.54) is 6.92 Å². The van der Waals surface area contributed by atoms with Gasteiger partial charge in [-0.15, -0.1) is 0 Å². The van der Waals surface area contributed by atoms with Crippen LogP contribution in [0.1, 0.15) is 52.5 Å². The molecule has 6 nitrogen and oxygen atoms in total. The summed E-state index contributed by atoms with van der Waals surface area (Å²) in [4.78, 5) is 38.5. The van der Waals surface area contributed by atoms with E-state index < -0.39 is 53.3 Å². The van der Waals surface area contributed by atoms with Crippen molar-refractivity contribution in [3.05, 3.63) is 34.9 Å². The molecule has 0 heterocycles. The Labute approximate surface area is 170 Å². The largest absolute Gasteiger partial charge is 0.463 e. The summed E-state index contributed by atoms with van der Waals surface area (Å²) in [7, 11) is 0. The van der Waals surface area contributed by atoms with E-state index in [1.54, 1.807) is 52.0 Å². The number of hydrogen-bond acceptors (Lipinski definition) is 6. The molecule has 1 aromatic carbocycles. The fourth-order valence-corrected chi connectivity index (χ4v) is 3.84. The van der Waals surface area contributed by atoms with Crippen LogP contribution in [0.25, 0.3) is 0 Å². The van der Waals surface area contributed by atoms with E-state index in [9.17, 15) is 19.5 Å². The lowest BCUT2D eigenvalue weighted by Gasteiger charge is -2.44. The molecule has 1 aliphatic carbocycles. The molecule has 1 fully saturated rings. The number of carbonyl (C=O) groups is 3. The third-order valence-corrected chi connectivity index (χ3v) is 4.99. The summed E-state index contributed by atoms with van der Waals surface area (Å²) in [5, 5.41) is 11.4. The Bertz CT molecular complexity index is 730. The Morgan fingerprint density at radius 2 is 1.57 bits per heavy atom. The summed E-state index contributed by atoms with van der Waals surface area (Å²) in [5.41, 5.74) is -1.13. The van der Waals surface area contributed by atoms with Crippen LogP contribution in [0.4, 0.5) is 0 Å². The van der Waals surface area contributed by atoms with Crippen molar-refractivity contribution in [3.8, 4) is 0 Å². The summed E-state index contributed by atoms with van der Waals surface area (Å²) in [5.74, 6) is -5.09. The van der Waals surface area contributed by atoms with Crippen LogP contribution in [0.2, 0.25) is 5.02 Å². The maximum Gasteiger partial charge on any atom is 0.317 e. The van der Waals surface area contributed by atoms with Crippen molar-refractivity contribution in [2.75, 3.05) is 0 Å². The van der Waals surface area contributed by atoms with Gasteiger partial charge in [0.1, 0.15) is 5.92 Å². The number of esters is 2. The third-order valence-electron chi connectivity index (χ3n) is 4.73. The van der Waals surface area contributed by atoms with Gasteiger partial charge >= 0.3 is 11.9 Å². The van der Waals surface area contributed by atoms with E-state index >= 15 is 0 Å². The van der Waals surface area contributed by atoms with Gasteiger partial charge in [0.15, 0.2) is 5.78 Å². The first-order valence-corrected chi connectivity index (χ1v) is 9.73. The zero-order valence-corrected chi connectivity index (χ0v) is 17.5. The highest BCUT2D eigenvalue weighted by molar-refractivity contribution is 6.30. The summed E-state index contributed by atoms with van der Waals surface area (Å²) in [6.07, 6.45) is -1.17. The molecule has 0 bridgehead atoms. The molecule has 1 aliphatic rings. The van der Waals surface area contributed by atoms with Gasteiger partial charge in [0.2, 0.25) is 0 Å². The zero-order chi connectivity index (χ0) is 21.2. The number of aliphatic hydroxyl groups is 1. The van der Waals surface area contributed by atoms with Gasteiger partial charge in [-0.05, 0) is 52.3 Å². The molecule has 7 heteroatoms. The average Bonchev–Trinajstić information content (AvgIpc) is 2.52. The van der Waals surface area contributed by atoms with Gasteiger partial charge in [-0.2, -0.15) is 0 Å². The topological polar surface area (TPSA) is 89.9 Å². The molecule has 1 aromatic rings. The minimum Gasteiger partial charge on any atom is -0.463 e. The van der Waals surface area contributed by atoms with Crippen LogP contribution in [0, 0.1) is 11.8 Å². The molecular weight excluding hydrogens is 384 g/mol. The molecule has 0 amide bonds. The van der Waals surface area contributed by atoms with E-state index in [1.807, 2.05) is 0 Å². The van der Waals surface area contributed by atoms with Gasteiger partial charge in [0.05, 0.1) is 23.7 Å². The van der Waals surface area contributed by atoms with Gasteiger partial charge in [-0.3, -0.25) is 14.4 Å². The standard InChI is InChI=1S/C21H27ClO6/c1-11(2)27-19(24)17-15(23)10-21(5,26)18(20(25)28-12(3)4)16(17)13-6-8-14(22)9-7-13/h6-9,11-12,16-18,26H,10H2,1-5H3/t16-,17-,18+,21-/m1/s1. The van der Waals surface area contributed by atoms with Crippen molar-refractivity contribution in [1.29, 1.82) is 0 Å². The lowest BCUT2D eigenvalue weighted by Crippen LogP contribution is -2.55. The van der Waals surface area contributed by atoms with Crippen molar-refractivity contribution in [2.45, 2.75) is 64.8 Å². The number of carbonyl (C=O) groups excluding carboxylic acids is 3. The average molecular weight is 411 g/mol. The minimum atomic E-state index is -1.66. The van der Waals surface area contributed by atoms with Crippen molar-refractivity contribution in [3.63, 3.8) is 0 Å². The van der Waals surface area contributed by atoms with Crippen molar-refractivity contribution in [1.82, 2.24) is 0 Å². The van der Waals surface area contributed by atoms with Crippen molar-refractivity contribution < 1.29 is 29.0 Å². The number of benzene rings is 1. The second kappa shape index (κ2) is 8.62. The molecule has 0 spiro atoms. The van der Waals surface area contributed by atoms with Crippen LogP contribution >= 0.6 is 11.6 Å². The van der Waals surface area contributed by atoms with Gasteiger partial charge in [-0.25, -0.2) is 0 Å². The van der Waals surface area contributed by atoms with E-state index in [0.29, 0.717) is 10.6 Å². The van der Waals surface area contributed by atoms with Gasteiger partial charge in [0, 0.05) is 17.4 Å². The normalized spacial score (nSPS) is 27.8. The van der Waals surface area contributed by atoms with Crippen LogP contribution in [-0.4, -0.2) is 40.6 Å². The zero-order valence-electron chi connectivity index (χ0n) is 16.8.